The van der Waals surface area contributed by atoms with Gasteiger partial charge in [0.1, 0.15) is 0 Å². The summed E-state index contributed by atoms with van der Waals surface area (Å²) in [6, 6.07) is 0. The van der Waals surface area contributed by atoms with Crippen molar-refractivity contribution >= 4 is 11.9 Å². The summed E-state index contributed by atoms with van der Waals surface area (Å²) in [7, 11) is 0. The third kappa shape index (κ3) is 4.96. The van der Waals surface area contributed by atoms with E-state index in [1.807, 2.05) is 13.8 Å². The first-order valence-electron chi connectivity index (χ1n) is 5.55. The summed E-state index contributed by atoms with van der Waals surface area (Å²) >= 11 is 0. The maximum absolute atomic E-state index is 11.5. The Kier molecular flexibility index (Phi) is 7.25. The van der Waals surface area contributed by atoms with Crippen LogP contribution in [0, 0.1) is 11.8 Å². The molecule has 4 nitrogen and oxygen atoms in total. The first-order chi connectivity index (χ1) is 7.54. The van der Waals surface area contributed by atoms with E-state index in [0.717, 1.165) is 6.42 Å². The highest BCUT2D eigenvalue weighted by Crippen LogP contribution is 2.18. The van der Waals surface area contributed by atoms with Gasteiger partial charge in [0.2, 0.25) is 0 Å². The average Bonchev–Trinajstić information content (AvgIpc) is 2.25. The van der Waals surface area contributed by atoms with Crippen LogP contribution >= 0.6 is 0 Å². The molecule has 1 N–H and O–H groups in total. The highest BCUT2D eigenvalue weighted by molar-refractivity contribution is 5.80. The van der Waals surface area contributed by atoms with Crippen molar-refractivity contribution in [3.8, 4) is 0 Å². The van der Waals surface area contributed by atoms with Gasteiger partial charge in [-0.1, -0.05) is 26.0 Å². The fourth-order valence-electron chi connectivity index (χ4n) is 1.30. The molecular formula is C12H20O4. The van der Waals surface area contributed by atoms with E-state index >= 15 is 0 Å². The predicted octanol–water partition coefficient (Wildman–Crippen LogP) is 2.24. The van der Waals surface area contributed by atoms with E-state index < -0.39 is 23.8 Å². The Morgan fingerprint density at radius 1 is 1.44 bits per heavy atom. The molecule has 0 spiro atoms. The molecule has 0 aromatic rings. The summed E-state index contributed by atoms with van der Waals surface area (Å²) < 4.78 is 4.94. The lowest BCUT2D eigenvalue weighted by Gasteiger charge is -2.17. The van der Waals surface area contributed by atoms with Crippen molar-refractivity contribution < 1.29 is 19.4 Å². The summed E-state index contributed by atoms with van der Waals surface area (Å²) in [6.45, 7) is 5.66. The molecule has 4 heteroatoms. The highest BCUT2D eigenvalue weighted by atomic mass is 16.5. The van der Waals surface area contributed by atoms with Crippen LogP contribution in [0.25, 0.3) is 0 Å². The van der Waals surface area contributed by atoms with Crippen LogP contribution in [0.2, 0.25) is 0 Å². The van der Waals surface area contributed by atoms with Crippen molar-refractivity contribution in [3.63, 3.8) is 0 Å². The monoisotopic (exact) mass is 228 g/mol. The fourth-order valence-corrected chi connectivity index (χ4v) is 1.30. The highest BCUT2D eigenvalue weighted by Gasteiger charge is 2.29. The second-order valence-electron chi connectivity index (χ2n) is 3.71. The van der Waals surface area contributed by atoms with Gasteiger partial charge in [0.05, 0.1) is 18.4 Å². The number of carboxylic acids is 1. The summed E-state index contributed by atoms with van der Waals surface area (Å²) in [4.78, 5) is 22.5. The van der Waals surface area contributed by atoms with E-state index in [2.05, 4.69) is 0 Å². The first-order valence-corrected chi connectivity index (χ1v) is 5.55. The number of carboxylic acid groups (broad SMARTS) is 1. The molecule has 0 aromatic carbocycles. The minimum Gasteiger partial charge on any atom is -0.481 e. The van der Waals surface area contributed by atoms with E-state index in [9.17, 15) is 9.59 Å². The van der Waals surface area contributed by atoms with E-state index in [0.29, 0.717) is 13.0 Å². The molecule has 0 rings (SSSR count). The number of aliphatic carboxylic acids is 1. The summed E-state index contributed by atoms with van der Waals surface area (Å²) in [5.74, 6) is -2.71. The Balaban J connectivity index is 4.41. The van der Waals surface area contributed by atoms with E-state index in [4.69, 9.17) is 9.84 Å². The third-order valence-corrected chi connectivity index (χ3v) is 2.37. The van der Waals surface area contributed by atoms with Crippen LogP contribution in [0.3, 0.4) is 0 Å². The van der Waals surface area contributed by atoms with Crippen molar-refractivity contribution in [3.05, 3.63) is 12.2 Å². The van der Waals surface area contributed by atoms with Crippen LogP contribution < -0.4 is 0 Å². The van der Waals surface area contributed by atoms with Gasteiger partial charge in [-0.05, 0) is 19.8 Å². The molecule has 0 radical (unpaired) electrons. The van der Waals surface area contributed by atoms with Crippen LogP contribution in [-0.4, -0.2) is 23.7 Å². The molecule has 0 amide bonds. The molecule has 0 fully saturated rings. The smallest absolute Gasteiger partial charge is 0.309 e. The van der Waals surface area contributed by atoms with Gasteiger partial charge in [-0.25, -0.2) is 0 Å². The van der Waals surface area contributed by atoms with Gasteiger partial charge >= 0.3 is 11.9 Å². The third-order valence-electron chi connectivity index (χ3n) is 2.37. The Bertz CT molecular complexity index is 258. The van der Waals surface area contributed by atoms with Crippen molar-refractivity contribution in [1.82, 2.24) is 0 Å². The number of carbonyl (C=O) groups is 2. The van der Waals surface area contributed by atoms with Gasteiger partial charge in [-0.2, -0.15) is 0 Å². The summed E-state index contributed by atoms with van der Waals surface area (Å²) in [6.07, 6.45) is 4.63. The molecular weight excluding hydrogens is 208 g/mol. The van der Waals surface area contributed by atoms with E-state index in [1.165, 1.54) is 0 Å². The van der Waals surface area contributed by atoms with Gasteiger partial charge < -0.3 is 9.84 Å². The Hall–Kier alpha value is -1.32. The quantitative estimate of drug-likeness (QED) is 0.536. The van der Waals surface area contributed by atoms with E-state index in [1.54, 1.807) is 19.1 Å². The number of ether oxygens (including phenoxy) is 1. The lowest BCUT2D eigenvalue weighted by molar-refractivity contribution is -0.156. The Morgan fingerprint density at radius 2 is 2.06 bits per heavy atom. The topological polar surface area (TPSA) is 63.6 Å². The number of allylic oxidation sites excluding steroid dienone is 2. The molecule has 0 bridgehead atoms. The molecule has 0 aliphatic heterocycles. The maximum atomic E-state index is 11.5. The molecule has 0 aromatic heterocycles. The largest absolute Gasteiger partial charge is 0.481 e. The molecule has 0 aliphatic rings. The van der Waals surface area contributed by atoms with Gasteiger partial charge in [0, 0.05) is 0 Å². The van der Waals surface area contributed by atoms with E-state index in [-0.39, 0.29) is 0 Å². The van der Waals surface area contributed by atoms with Gasteiger partial charge in [0.25, 0.3) is 0 Å². The SMILES string of the molecule is CC=CCC(C(=O)O)C(C)C(=O)OCCC. The summed E-state index contributed by atoms with van der Waals surface area (Å²) in [5, 5.41) is 9.00. The molecule has 2 unspecified atom stereocenters. The number of hydrogen-bond donors (Lipinski definition) is 1. The lowest BCUT2D eigenvalue weighted by Crippen LogP contribution is -2.29. The second kappa shape index (κ2) is 7.91. The van der Waals surface area contributed by atoms with Crippen molar-refractivity contribution in [1.29, 1.82) is 0 Å². The van der Waals surface area contributed by atoms with Crippen molar-refractivity contribution in [2.45, 2.75) is 33.6 Å². The Morgan fingerprint density at radius 3 is 2.50 bits per heavy atom. The molecule has 0 saturated heterocycles. The fraction of sp³-hybridized carbons (Fsp3) is 0.667. The number of rotatable bonds is 7. The molecule has 0 saturated carbocycles. The second-order valence-corrected chi connectivity index (χ2v) is 3.71. The molecule has 0 aliphatic carbocycles. The zero-order valence-corrected chi connectivity index (χ0v) is 10.1. The predicted molar refractivity (Wildman–Crippen MR) is 61.0 cm³/mol. The van der Waals surface area contributed by atoms with Crippen molar-refractivity contribution in [2.24, 2.45) is 11.8 Å². The molecule has 16 heavy (non-hydrogen) atoms. The van der Waals surface area contributed by atoms with Crippen LogP contribution in [0.1, 0.15) is 33.6 Å². The first kappa shape index (κ1) is 14.7. The van der Waals surface area contributed by atoms with Crippen LogP contribution in [0.5, 0.6) is 0 Å². The number of hydrogen-bond acceptors (Lipinski definition) is 3. The van der Waals surface area contributed by atoms with Gasteiger partial charge in [-0.3, -0.25) is 9.59 Å². The standard InChI is InChI=1S/C12H20O4/c1-4-6-7-10(11(13)14)9(3)12(15)16-8-5-2/h4,6,9-10H,5,7-8H2,1-3H3,(H,13,14). The van der Waals surface area contributed by atoms with Gasteiger partial charge in [-0.15, -0.1) is 0 Å². The normalized spacial score (nSPS) is 14.7. The van der Waals surface area contributed by atoms with Crippen LogP contribution in [0.15, 0.2) is 12.2 Å². The molecule has 2 atom stereocenters. The molecule has 0 heterocycles. The van der Waals surface area contributed by atoms with Crippen molar-refractivity contribution in [2.75, 3.05) is 6.61 Å². The lowest BCUT2D eigenvalue weighted by atomic mass is 9.91. The average molecular weight is 228 g/mol. The number of carbonyl (C=O) groups excluding carboxylic acids is 1. The minimum atomic E-state index is -0.959. The number of esters is 1. The summed E-state index contributed by atoms with van der Waals surface area (Å²) in [5.41, 5.74) is 0. The Labute approximate surface area is 96.3 Å². The van der Waals surface area contributed by atoms with Gasteiger partial charge in [0.15, 0.2) is 0 Å². The van der Waals surface area contributed by atoms with Crippen LogP contribution in [-0.2, 0) is 14.3 Å². The minimum absolute atomic E-state index is 0.346. The maximum Gasteiger partial charge on any atom is 0.309 e. The zero-order valence-electron chi connectivity index (χ0n) is 10.1. The van der Waals surface area contributed by atoms with Crippen LogP contribution in [0.4, 0.5) is 0 Å². The zero-order chi connectivity index (χ0) is 12.6. The molecule has 92 valence electrons.